The molecule has 2 N–H and O–H groups in total. The second-order valence-corrected chi connectivity index (χ2v) is 6.23. The molecule has 0 saturated carbocycles. The summed E-state index contributed by atoms with van der Waals surface area (Å²) in [5.74, 6) is -0.912. The summed E-state index contributed by atoms with van der Waals surface area (Å²) in [6.07, 6.45) is 0. The summed E-state index contributed by atoms with van der Waals surface area (Å²) >= 11 is 0. The average Bonchev–Trinajstić information content (AvgIpc) is 2.65. The highest BCUT2D eigenvalue weighted by Crippen LogP contribution is 2.29. The molecule has 144 valence electrons. The van der Waals surface area contributed by atoms with Crippen molar-refractivity contribution in [3.05, 3.63) is 53.8 Å². The molecule has 0 heterocycles. The third-order valence-electron chi connectivity index (χ3n) is 4.01. The van der Waals surface area contributed by atoms with Crippen molar-refractivity contribution in [2.75, 3.05) is 19.5 Å². The van der Waals surface area contributed by atoms with Crippen molar-refractivity contribution in [1.29, 1.82) is 0 Å². The Morgan fingerprint density at radius 2 is 1.67 bits per heavy atom. The van der Waals surface area contributed by atoms with Gasteiger partial charge < -0.3 is 20.1 Å². The number of carbonyl (C=O) groups is 2. The molecule has 0 unspecified atom stereocenters. The lowest BCUT2D eigenvalue weighted by Crippen LogP contribution is -2.47. The van der Waals surface area contributed by atoms with Crippen LogP contribution in [0.3, 0.4) is 0 Å². The molecule has 2 amide bonds. The number of carbonyl (C=O) groups excluding carboxylic acids is 2. The van der Waals surface area contributed by atoms with Gasteiger partial charge in [0.1, 0.15) is 11.9 Å². The number of methoxy groups -OCH3 is 2. The van der Waals surface area contributed by atoms with Crippen LogP contribution in [0.25, 0.3) is 0 Å². The zero-order chi connectivity index (χ0) is 20.0. The van der Waals surface area contributed by atoms with E-state index in [0.29, 0.717) is 17.2 Å². The molecule has 0 radical (unpaired) electrons. The van der Waals surface area contributed by atoms with Gasteiger partial charge in [0, 0.05) is 11.8 Å². The van der Waals surface area contributed by atoms with Gasteiger partial charge in [0.25, 0.3) is 5.91 Å². The van der Waals surface area contributed by atoms with Crippen molar-refractivity contribution in [3.63, 3.8) is 0 Å². The van der Waals surface area contributed by atoms with Gasteiger partial charge >= 0.3 is 0 Å². The van der Waals surface area contributed by atoms with E-state index in [0.717, 1.165) is 0 Å². The number of hydrogen-bond donors (Lipinski definition) is 2. The number of amides is 2. The highest BCUT2D eigenvalue weighted by atomic mass is 19.1. The SMILES string of the molecule is COc1ccc(NC(=O)[C@@H](NC(=O)c2ccccc2F)C(C)C)cc1OC. The minimum Gasteiger partial charge on any atom is -0.493 e. The molecule has 2 rings (SSSR count). The lowest BCUT2D eigenvalue weighted by molar-refractivity contribution is -0.118. The standard InChI is InChI=1S/C20H23FN2O4/c1-12(2)18(23-19(24)14-7-5-6-8-15(14)21)20(25)22-13-9-10-16(26-3)17(11-13)27-4/h5-12,18H,1-4H3,(H,22,25)(H,23,24)/t18-/m0/s1. The van der Waals surface area contributed by atoms with E-state index in [1.807, 2.05) is 0 Å². The van der Waals surface area contributed by atoms with Crippen LogP contribution in [0.2, 0.25) is 0 Å². The van der Waals surface area contributed by atoms with Crippen molar-refractivity contribution in [1.82, 2.24) is 5.32 Å². The smallest absolute Gasteiger partial charge is 0.254 e. The van der Waals surface area contributed by atoms with Gasteiger partial charge in [0.05, 0.1) is 19.8 Å². The lowest BCUT2D eigenvalue weighted by atomic mass is 10.0. The third kappa shape index (κ3) is 4.97. The Bertz CT molecular complexity index is 823. The van der Waals surface area contributed by atoms with E-state index in [2.05, 4.69) is 10.6 Å². The monoisotopic (exact) mass is 374 g/mol. The molecule has 27 heavy (non-hydrogen) atoms. The second-order valence-electron chi connectivity index (χ2n) is 6.23. The van der Waals surface area contributed by atoms with Crippen LogP contribution in [0.5, 0.6) is 11.5 Å². The van der Waals surface area contributed by atoms with E-state index in [-0.39, 0.29) is 11.5 Å². The van der Waals surface area contributed by atoms with Crippen molar-refractivity contribution < 1.29 is 23.5 Å². The van der Waals surface area contributed by atoms with E-state index in [1.54, 1.807) is 38.1 Å². The normalized spacial score (nSPS) is 11.6. The zero-order valence-corrected chi connectivity index (χ0v) is 15.7. The first-order valence-electron chi connectivity index (χ1n) is 8.45. The number of benzene rings is 2. The van der Waals surface area contributed by atoms with E-state index in [1.165, 1.54) is 32.4 Å². The first-order valence-corrected chi connectivity index (χ1v) is 8.45. The number of ether oxygens (including phenoxy) is 2. The summed E-state index contributed by atoms with van der Waals surface area (Å²) < 4.78 is 24.2. The highest BCUT2D eigenvalue weighted by molar-refractivity contribution is 6.01. The average molecular weight is 374 g/mol. The van der Waals surface area contributed by atoms with Gasteiger partial charge in [-0.25, -0.2) is 4.39 Å². The molecule has 0 aliphatic carbocycles. The summed E-state index contributed by atoms with van der Waals surface area (Å²) in [4.78, 5) is 25.0. The summed E-state index contributed by atoms with van der Waals surface area (Å²) in [5, 5.41) is 5.34. The Morgan fingerprint density at radius 3 is 2.26 bits per heavy atom. The molecule has 2 aromatic rings. The molecule has 0 bridgehead atoms. The summed E-state index contributed by atoms with van der Waals surface area (Å²) in [6.45, 7) is 3.58. The fourth-order valence-corrected chi connectivity index (χ4v) is 2.53. The van der Waals surface area contributed by atoms with Gasteiger partial charge in [-0.1, -0.05) is 26.0 Å². The van der Waals surface area contributed by atoms with Crippen LogP contribution in [-0.2, 0) is 4.79 Å². The van der Waals surface area contributed by atoms with Crippen molar-refractivity contribution >= 4 is 17.5 Å². The maximum Gasteiger partial charge on any atom is 0.254 e. The topological polar surface area (TPSA) is 76.7 Å². The highest BCUT2D eigenvalue weighted by Gasteiger charge is 2.26. The first kappa shape index (κ1) is 20.2. The summed E-state index contributed by atoms with van der Waals surface area (Å²) in [5.41, 5.74) is 0.380. The number of halogens is 1. The first-order chi connectivity index (χ1) is 12.9. The van der Waals surface area contributed by atoms with Crippen molar-refractivity contribution in [3.8, 4) is 11.5 Å². The van der Waals surface area contributed by atoms with Gasteiger partial charge in [0.15, 0.2) is 11.5 Å². The number of rotatable bonds is 7. The van der Waals surface area contributed by atoms with Gasteiger partial charge in [-0.2, -0.15) is 0 Å². The molecule has 0 saturated heterocycles. The van der Waals surface area contributed by atoms with E-state index in [9.17, 15) is 14.0 Å². The Morgan fingerprint density at radius 1 is 1.00 bits per heavy atom. The fourth-order valence-electron chi connectivity index (χ4n) is 2.53. The summed E-state index contributed by atoms with van der Waals surface area (Å²) in [7, 11) is 3.01. The molecule has 0 fully saturated rings. The molecule has 1 atom stereocenters. The third-order valence-corrected chi connectivity index (χ3v) is 4.01. The van der Waals surface area contributed by atoms with Gasteiger partial charge in [0.2, 0.25) is 5.91 Å². The minimum absolute atomic E-state index is 0.109. The van der Waals surface area contributed by atoms with Crippen molar-refractivity contribution in [2.24, 2.45) is 5.92 Å². The zero-order valence-electron chi connectivity index (χ0n) is 15.7. The van der Waals surface area contributed by atoms with E-state index < -0.39 is 23.7 Å². The Labute approximate surface area is 157 Å². The maximum absolute atomic E-state index is 13.8. The molecule has 0 aliphatic heterocycles. The van der Waals surface area contributed by atoms with Crippen LogP contribution in [0.15, 0.2) is 42.5 Å². The molecule has 0 aliphatic rings. The lowest BCUT2D eigenvalue weighted by Gasteiger charge is -2.22. The maximum atomic E-state index is 13.8. The fraction of sp³-hybridized carbons (Fsp3) is 0.300. The molecule has 6 nitrogen and oxygen atoms in total. The van der Waals surface area contributed by atoms with Gasteiger partial charge in [-0.15, -0.1) is 0 Å². The molecule has 0 spiro atoms. The van der Waals surface area contributed by atoms with Crippen LogP contribution in [-0.4, -0.2) is 32.1 Å². The quantitative estimate of drug-likeness (QED) is 0.780. The van der Waals surface area contributed by atoms with Crippen LogP contribution in [0.1, 0.15) is 24.2 Å². The molecule has 7 heteroatoms. The van der Waals surface area contributed by atoms with E-state index >= 15 is 0 Å². The Kier molecular flexibility index (Phi) is 6.76. The predicted octanol–water partition coefficient (Wildman–Crippen LogP) is 3.24. The van der Waals surface area contributed by atoms with Gasteiger partial charge in [-0.3, -0.25) is 9.59 Å². The van der Waals surface area contributed by atoms with Crippen LogP contribution < -0.4 is 20.1 Å². The summed E-state index contributed by atoms with van der Waals surface area (Å²) in [6, 6.07) is 9.73. The number of hydrogen-bond acceptors (Lipinski definition) is 4. The van der Waals surface area contributed by atoms with Gasteiger partial charge in [-0.05, 0) is 30.2 Å². The van der Waals surface area contributed by atoms with E-state index in [4.69, 9.17) is 9.47 Å². The minimum atomic E-state index is -0.842. The van der Waals surface area contributed by atoms with Crippen LogP contribution in [0, 0.1) is 11.7 Å². The molecular weight excluding hydrogens is 351 g/mol. The van der Waals surface area contributed by atoms with Crippen LogP contribution >= 0.6 is 0 Å². The second kappa shape index (κ2) is 9.02. The Hall–Kier alpha value is -3.09. The Balaban J connectivity index is 2.16. The molecule has 0 aromatic heterocycles. The van der Waals surface area contributed by atoms with Crippen molar-refractivity contribution in [2.45, 2.75) is 19.9 Å². The number of nitrogens with one attached hydrogen (secondary N) is 2. The largest absolute Gasteiger partial charge is 0.493 e. The number of anilines is 1. The molecule has 2 aromatic carbocycles. The van der Waals surface area contributed by atoms with Crippen LogP contribution in [0.4, 0.5) is 10.1 Å². The predicted molar refractivity (Wildman–Crippen MR) is 101 cm³/mol. The molecular formula is C20H23FN2O4.